The van der Waals surface area contributed by atoms with E-state index in [1.165, 1.54) is 12.8 Å². The Morgan fingerprint density at radius 1 is 1.27 bits per heavy atom. The summed E-state index contributed by atoms with van der Waals surface area (Å²) in [5.41, 5.74) is 0.439. The van der Waals surface area contributed by atoms with Crippen molar-refractivity contribution in [2.45, 2.75) is 77.0 Å². The van der Waals surface area contributed by atoms with Gasteiger partial charge in [0.2, 0.25) is 5.91 Å². The van der Waals surface area contributed by atoms with Gasteiger partial charge in [-0.25, -0.2) is 0 Å². The smallest absolute Gasteiger partial charge is 0.239 e. The van der Waals surface area contributed by atoms with Crippen LogP contribution in [0, 0.1) is 5.92 Å². The maximum atomic E-state index is 12.5. The molecule has 1 aliphatic rings. The number of carbonyl (C=O) groups is 1. The summed E-state index contributed by atoms with van der Waals surface area (Å²) in [7, 11) is 0. The van der Waals surface area contributed by atoms with Crippen molar-refractivity contribution in [1.82, 2.24) is 10.6 Å². The summed E-state index contributed by atoms with van der Waals surface area (Å²) < 4.78 is 5.35. The number of epoxide rings is 1. The Morgan fingerprint density at radius 3 is 2.46 bits per heavy atom. The molecule has 1 saturated heterocycles. The minimum atomic E-state index is -0.613. The number of aliphatic hydroxyl groups excluding tert-OH is 2. The first-order chi connectivity index (χ1) is 12.3. The van der Waals surface area contributed by atoms with Crippen molar-refractivity contribution in [3.8, 4) is 0 Å². The Labute approximate surface area is 158 Å². The zero-order valence-electron chi connectivity index (χ0n) is 16.7. The Morgan fingerprint density at radius 2 is 1.96 bits per heavy atom. The first-order valence-electron chi connectivity index (χ1n) is 9.85. The Hall–Kier alpha value is -0.950. The van der Waals surface area contributed by atoms with Crippen LogP contribution in [0.4, 0.5) is 0 Å². The molecule has 2 unspecified atom stereocenters. The van der Waals surface area contributed by atoms with Crippen LogP contribution in [-0.2, 0) is 9.53 Å². The second-order valence-corrected chi connectivity index (χ2v) is 8.13. The molecule has 4 N–H and O–H groups in total. The number of rotatable bonds is 15. The second-order valence-electron chi connectivity index (χ2n) is 8.13. The van der Waals surface area contributed by atoms with Gasteiger partial charge >= 0.3 is 0 Å². The molecule has 0 radical (unpaired) electrons. The number of amides is 1. The van der Waals surface area contributed by atoms with Gasteiger partial charge in [-0.3, -0.25) is 4.79 Å². The Kier molecular flexibility index (Phi) is 10.4. The summed E-state index contributed by atoms with van der Waals surface area (Å²) in [4.78, 5) is 12.5. The lowest BCUT2D eigenvalue weighted by molar-refractivity contribution is -0.125. The van der Waals surface area contributed by atoms with Crippen molar-refractivity contribution in [2.24, 2.45) is 5.92 Å². The van der Waals surface area contributed by atoms with Crippen molar-refractivity contribution >= 4 is 5.91 Å². The molecule has 0 spiro atoms. The molecule has 1 aliphatic heterocycles. The highest BCUT2D eigenvalue weighted by Crippen LogP contribution is 2.32. The van der Waals surface area contributed by atoms with E-state index in [4.69, 9.17) is 4.74 Å². The average molecular weight is 371 g/mol. The molecule has 1 rings (SSSR count). The molecule has 152 valence electrons. The summed E-state index contributed by atoms with van der Waals surface area (Å²) in [6, 6.07) is -0.769. The highest BCUT2D eigenvalue weighted by atomic mass is 16.6. The monoisotopic (exact) mass is 370 g/mol. The van der Waals surface area contributed by atoms with Crippen LogP contribution in [0.3, 0.4) is 0 Å². The van der Waals surface area contributed by atoms with Gasteiger partial charge in [0.05, 0.1) is 19.8 Å². The minimum Gasteiger partial charge on any atom is -0.394 e. The molecule has 1 heterocycles. The summed E-state index contributed by atoms with van der Waals surface area (Å²) in [5.74, 6) is 0.511. The number of carbonyl (C=O) groups excluding carboxylic acids is 1. The van der Waals surface area contributed by atoms with Gasteiger partial charge < -0.3 is 25.6 Å². The molecule has 0 aromatic carbocycles. The third-order valence-corrected chi connectivity index (χ3v) is 4.75. The van der Waals surface area contributed by atoms with E-state index in [-0.39, 0.29) is 25.2 Å². The molecule has 0 aromatic heterocycles. The molecule has 26 heavy (non-hydrogen) atoms. The summed E-state index contributed by atoms with van der Waals surface area (Å²) in [5, 5.41) is 25.1. The van der Waals surface area contributed by atoms with Crippen LogP contribution in [0.1, 0.15) is 59.3 Å². The summed E-state index contributed by atoms with van der Waals surface area (Å²) in [6.07, 6.45) is 5.72. The van der Waals surface area contributed by atoms with Crippen LogP contribution in [0.25, 0.3) is 0 Å². The van der Waals surface area contributed by atoms with Crippen LogP contribution >= 0.6 is 0 Å². The molecule has 0 aliphatic carbocycles. The Bertz CT molecular complexity index is 436. The molecule has 0 aromatic rings. The largest absolute Gasteiger partial charge is 0.394 e. The van der Waals surface area contributed by atoms with Gasteiger partial charge in [-0.1, -0.05) is 38.7 Å². The third kappa shape index (κ3) is 9.12. The predicted octanol–water partition coefficient (Wildman–Crippen LogP) is 1.76. The fourth-order valence-corrected chi connectivity index (χ4v) is 3.09. The maximum absolute atomic E-state index is 12.5. The maximum Gasteiger partial charge on any atom is 0.239 e. The summed E-state index contributed by atoms with van der Waals surface area (Å²) in [6.45, 7) is 11.2. The summed E-state index contributed by atoms with van der Waals surface area (Å²) >= 11 is 0. The predicted molar refractivity (Wildman–Crippen MR) is 104 cm³/mol. The molecule has 1 fully saturated rings. The lowest BCUT2D eigenvalue weighted by atomic mass is 9.96. The Balaban J connectivity index is 2.39. The van der Waals surface area contributed by atoms with E-state index in [9.17, 15) is 15.0 Å². The van der Waals surface area contributed by atoms with E-state index in [0.717, 1.165) is 24.3 Å². The van der Waals surface area contributed by atoms with E-state index in [1.54, 1.807) is 0 Å². The van der Waals surface area contributed by atoms with E-state index in [2.05, 4.69) is 31.1 Å². The average Bonchev–Trinajstić information content (AvgIpc) is 3.33. The number of hydrogen-bond acceptors (Lipinski definition) is 5. The van der Waals surface area contributed by atoms with Crippen molar-refractivity contribution in [3.05, 3.63) is 12.2 Å². The van der Waals surface area contributed by atoms with Crippen LogP contribution in [0.15, 0.2) is 12.2 Å². The fraction of sp³-hybridized carbons (Fsp3) is 0.850. The van der Waals surface area contributed by atoms with Gasteiger partial charge in [-0.05, 0) is 32.2 Å². The lowest BCUT2D eigenvalue weighted by Gasteiger charge is -2.24. The molecule has 6 nitrogen and oxygen atoms in total. The highest BCUT2D eigenvalue weighted by molar-refractivity contribution is 5.82. The molecular weight excluding hydrogens is 332 g/mol. The third-order valence-electron chi connectivity index (χ3n) is 4.75. The van der Waals surface area contributed by atoms with E-state index >= 15 is 0 Å². The standard InChI is InChI=1S/C20H38N2O4/c1-15(2)8-6-5-7-9-21-18(12-23)19(25)22-17(10-16(3)4)11-20(13-24)14-26-20/h15,17-18,21,23-24H,3,5-14H2,1-2,4H3,(H,22,25)/t17?,18-,20?/m0/s1. The van der Waals surface area contributed by atoms with Gasteiger partial charge in [0.1, 0.15) is 11.6 Å². The number of aliphatic hydroxyl groups is 2. The quantitative estimate of drug-likeness (QED) is 0.200. The van der Waals surface area contributed by atoms with Gasteiger partial charge in [-0.2, -0.15) is 0 Å². The number of hydrogen-bond donors (Lipinski definition) is 4. The van der Waals surface area contributed by atoms with Crippen molar-refractivity contribution in [2.75, 3.05) is 26.4 Å². The number of unbranched alkanes of at least 4 members (excludes halogenated alkanes) is 2. The normalized spacial score (nSPS) is 21.5. The van der Waals surface area contributed by atoms with Crippen LogP contribution in [0.5, 0.6) is 0 Å². The van der Waals surface area contributed by atoms with Crippen LogP contribution in [-0.4, -0.2) is 60.2 Å². The topological polar surface area (TPSA) is 94.1 Å². The van der Waals surface area contributed by atoms with Crippen LogP contribution < -0.4 is 10.6 Å². The highest BCUT2D eigenvalue weighted by Gasteiger charge is 2.46. The van der Waals surface area contributed by atoms with Crippen molar-refractivity contribution in [3.63, 3.8) is 0 Å². The zero-order valence-corrected chi connectivity index (χ0v) is 16.7. The SMILES string of the molecule is C=C(C)CC(CC1(CO)CO1)NC(=O)[C@H](CO)NCCCCCC(C)C. The lowest BCUT2D eigenvalue weighted by Crippen LogP contribution is -2.51. The fourth-order valence-electron chi connectivity index (χ4n) is 3.09. The molecule has 0 bridgehead atoms. The van der Waals surface area contributed by atoms with Gasteiger partial charge in [0, 0.05) is 12.5 Å². The second kappa shape index (κ2) is 11.7. The molecule has 1 amide bonds. The molecular formula is C20H38N2O4. The number of nitrogens with one attached hydrogen (secondary N) is 2. The van der Waals surface area contributed by atoms with Gasteiger partial charge in [0.15, 0.2) is 0 Å². The molecule has 3 atom stereocenters. The van der Waals surface area contributed by atoms with Gasteiger partial charge in [-0.15, -0.1) is 6.58 Å². The molecule has 6 heteroatoms. The number of ether oxygens (including phenoxy) is 1. The first-order valence-corrected chi connectivity index (χ1v) is 9.85. The van der Waals surface area contributed by atoms with Crippen molar-refractivity contribution in [1.29, 1.82) is 0 Å². The van der Waals surface area contributed by atoms with E-state index in [0.29, 0.717) is 26.0 Å². The zero-order chi connectivity index (χ0) is 19.6. The molecule has 0 saturated carbocycles. The van der Waals surface area contributed by atoms with Crippen molar-refractivity contribution < 1.29 is 19.7 Å². The van der Waals surface area contributed by atoms with E-state index in [1.807, 2.05) is 6.92 Å². The van der Waals surface area contributed by atoms with Crippen LogP contribution in [0.2, 0.25) is 0 Å². The van der Waals surface area contributed by atoms with E-state index < -0.39 is 11.6 Å². The van der Waals surface area contributed by atoms with Gasteiger partial charge in [0.25, 0.3) is 0 Å². The minimum absolute atomic E-state index is 0.0480. The first kappa shape index (κ1) is 23.1.